The van der Waals surface area contributed by atoms with E-state index in [9.17, 15) is 17.6 Å². The fourth-order valence-electron chi connectivity index (χ4n) is 3.15. The Morgan fingerprint density at radius 3 is 2.58 bits per heavy atom. The first-order valence-electron chi connectivity index (χ1n) is 8.64. The molecule has 8 heteroatoms. The summed E-state index contributed by atoms with van der Waals surface area (Å²) < 4.78 is 38.4. The van der Waals surface area contributed by atoms with Gasteiger partial charge in [0.2, 0.25) is 5.91 Å². The van der Waals surface area contributed by atoms with E-state index in [1.165, 1.54) is 32.0 Å². The number of hydrogen-bond donors (Lipinski definition) is 3. The average molecular weight is 381 g/mol. The van der Waals surface area contributed by atoms with Crippen LogP contribution in [0.25, 0.3) is 0 Å². The number of sulfone groups is 1. The number of carbonyl (C=O) groups excluding carboxylic acids is 1. The number of rotatable bonds is 4. The predicted molar refractivity (Wildman–Crippen MR) is 98.5 cm³/mol. The Hall–Kier alpha value is -1.96. The molecule has 1 atom stereocenters. The summed E-state index contributed by atoms with van der Waals surface area (Å²) in [5, 5.41) is 13.7. The van der Waals surface area contributed by atoms with E-state index in [0.717, 1.165) is 12.8 Å². The van der Waals surface area contributed by atoms with E-state index in [2.05, 4.69) is 10.6 Å². The van der Waals surface area contributed by atoms with Crippen LogP contribution >= 0.6 is 0 Å². The first-order chi connectivity index (χ1) is 11.9. The van der Waals surface area contributed by atoms with Gasteiger partial charge in [0.25, 0.3) is 0 Å². The Bertz CT molecular complexity index is 878. The molecule has 3 rings (SSSR count). The molecule has 0 spiro atoms. The van der Waals surface area contributed by atoms with Crippen molar-refractivity contribution in [3.63, 3.8) is 0 Å². The third kappa shape index (κ3) is 3.34. The molecular formula is C18H24FN3O3S. The van der Waals surface area contributed by atoms with Crippen LogP contribution in [0.3, 0.4) is 0 Å². The second-order valence-corrected chi connectivity index (χ2v) is 10.5. The summed E-state index contributed by atoms with van der Waals surface area (Å²) >= 11 is 0. The molecule has 1 saturated carbocycles. The molecular weight excluding hydrogens is 357 g/mol. The predicted octanol–water partition coefficient (Wildman–Crippen LogP) is 2.55. The third-order valence-corrected chi connectivity index (χ3v) is 7.99. The molecule has 142 valence electrons. The van der Waals surface area contributed by atoms with E-state index < -0.39 is 25.9 Å². The van der Waals surface area contributed by atoms with Gasteiger partial charge in [0, 0.05) is 17.7 Å². The van der Waals surface area contributed by atoms with Gasteiger partial charge in [0.1, 0.15) is 16.4 Å². The van der Waals surface area contributed by atoms with Crippen molar-refractivity contribution in [2.45, 2.75) is 50.3 Å². The summed E-state index contributed by atoms with van der Waals surface area (Å²) in [4.78, 5) is 12.0. The molecule has 1 aromatic rings. The van der Waals surface area contributed by atoms with Crippen LogP contribution in [0.15, 0.2) is 18.2 Å². The lowest BCUT2D eigenvalue weighted by Crippen LogP contribution is -2.64. The van der Waals surface area contributed by atoms with Gasteiger partial charge in [-0.2, -0.15) is 0 Å². The molecule has 0 aromatic heterocycles. The zero-order valence-corrected chi connectivity index (χ0v) is 16.0. The smallest absolute Gasteiger partial charge is 0.224 e. The first-order valence-corrected chi connectivity index (χ1v) is 10.3. The van der Waals surface area contributed by atoms with Gasteiger partial charge in [-0.05, 0) is 57.7 Å². The Morgan fingerprint density at radius 1 is 1.35 bits per heavy atom. The van der Waals surface area contributed by atoms with Crippen molar-refractivity contribution >= 4 is 27.3 Å². The Labute approximate surface area is 153 Å². The largest absolute Gasteiger partial charge is 0.362 e. The van der Waals surface area contributed by atoms with E-state index in [-0.39, 0.29) is 23.1 Å². The molecule has 2 aliphatic rings. The van der Waals surface area contributed by atoms with Crippen LogP contribution in [0.2, 0.25) is 0 Å². The Morgan fingerprint density at radius 2 is 2.00 bits per heavy atom. The maximum atomic E-state index is 14.5. The van der Waals surface area contributed by atoms with Crippen LogP contribution < -0.4 is 10.6 Å². The lowest BCUT2D eigenvalue weighted by Gasteiger charge is -2.43. The van der Waals surface area contributed by atoms with Crippen LogP contribution in [0.1, 0.15) is 45.6 Å². The van der Waals surface area contributed by atoms with E-state index in [1.807, 2.05) is 0 Å². The van der Waals surface area contributed by atoms with E-state index in [0.29, 0.717) is 18.0 Å². The molecule has 1 aromatic carbocycles. The molecule has 0 bridgehead atoms. The minimum absolute atomic E-state index is 0.116. The second kappa shape index (κ2) is 6.04. The molecule has 2 fully saturated rings. The summed E-state index contributed by atoms with van der Waals surface area (Å²) in [6.07, 6.45) is 2.55. The summed E-state index contributed by atoms with van der Waals surface area (Å²) in [6, 6.07) is 4.12. The molecule has 1 amide bonds. The van der Waals surface area contributed by atoms with Gasteiger partial charge in [-0.3, -0.25) is 10.2 Å². The highest BCUT2D eigenvalue weighted by atomic mass is 32.2. The fraction of sp³-hybridized carbons (Fsp3) is 0.556. The van der Waals surface area contributed by atoms with Crippen molar-refractivity contribution in [2.24, 2.45) is 5.92 Å². The maximum absolute atomic E-state index is 14.5. The highest BCUT2D eigenvalue weighted by Gasteiger charge is 2.51. The molecule has 1 saturated heterocycles. The van der Waals surface area contributed by atoms with Crippen LogP contribution in [0.4, 0.5) is 10.1 Å². The highest BCUT2D eigenvalue weighted by Crippen LogP contribution is 2.36. The monoisotopic (exact) mass is 381 g/mol. The molecule has 1 heterocycles. The van der Waals surface area contributed by atoms with Crippen molar-refractivity contribution in [1.82, 2.24) is 5.32 Å². The maximum Gasteiger partial charge on any atom is 0.224 e. The zero-order valence-electron chi connectivity index (χ0n) is 15.1. The van der Waals surface area contributed by atoms with Gasteiger partial charge in [-0.25, -0.2) is 12.8 Å². The minimum atomic E-state index is -3.67. The topological polar surface area (TPSA) is 99.1 Å². The number of benzene rings is 1. The van der Waals surface area contributed by atoms with Crippen LogP contribution in [0, 0.1) is 17.1 Å². The first kappa shape index (κ1) is 18.8. The number of carbonyl (C=O) groups is 1. The van der Waals surface area contributed by atoms with E-state index >= 15 is 0 Å². The van der Waals surface area contributed by atoms with Crippen molar-refractivity contribution < 1.29 is 17.6 Å². The molecule has 6 nitrogen and oxygen atoms in total. The number of amidine groups is 1. The van der Waals surface area contributed by atoms with Crippen LogP contribution in [0.5, 0.6) is 0 Å². The summed E-state index contributed by atoms with van der Waals surface area (Å²) in [7, 11) is -3.67. The van der Waals surface area contributed by atoms with Crippen LogP contribution in [-0.4, -0.2) is 30.7 Å². The van der Waals surface area contributed by atoms with Crippen molar-refractivity contribution in [3.05, 3.63) is 29.6 Å². The Balaban J connectivity index is 1.91. The lowest BCUT2D eigenvalue weighted by molar-refractivity contribution is -0.116. The van der Waals surface area contributed by atoms with Crippen LogP contribution in [-0.2, 0) is 20.2 Å². The van der Waals surface area contributed by atoms with Crippen molar-refractivity contribution in [2.75, 3.05) is 11.1 Å². The standard InChI is InChI=1S/C18H24FN3O3S/c1-17(2)16(20)22-18(3,10-26(17,24)25)13-9-12(6-7-14(13)19)21-15(23)8-11-4-5-11/h6-7,9,11H,4-5,8,10H2,1-3H3,(H2,20,22)(H,21,23)/t18-/m0/s1. The summed E-state index contributed by atoms with van der Waals surface area (Å²) in [5.74, 6) is -0.795. The number of anilines is 1. The average Bonchev–Trinajstić information content (AvgIpc) is 3.30. The van der Waals surface area contributed by atoms with E-state index in [4.69, 9.17) is 5.41 Å². The summed E-state index contributed by atoms with van der Waals surface area (Å²) in [5.41, 5.74) is -0.749. The van der Waals surface area contributed by atoms with Gasteiger partial charge in [0.05, 0.1) is 11.3 Å². The zero-order chi connectivity index (χ0) is 19.3. The number of hydrogen-bond acceptors (Lipinski definition) is 4. The van der Waals surface area contributed by atoms with Gasteiger partial charge in [-0.15, -0.1) is 0 Å². The number of amides is 1. The number of halogens is 1. The van der Waals surface area contributed by atoms with Gasteiger partial charge in [-0.1, -0.05) is 0 Å². The van der Waals surface area contributed by atoms with Gasteiger partial charge < -0.3 is 10.6 Å². The van der Waals surface area contributed by atoms with E-state index in [1.54, 1.807) is 6.92 Å². The molecule has 3 N–H and O–H groups in total. The molecule has 1 aliphatic carbocycles. The molecule has 0 radical (unpaired) electrons. The van der Waals surface area contributed by atoms with Crippen molar-refractivity contribution in [3.8, 4) is 0 Å². The summed E-state index contributed by atoms with van der Waals surface area (Å²) in [6.45, 7) is 4.48. The van der Waals surface area contributed by atoms with Gasteiger partial charge >= 0.3 is 0 Å². The quantitative estimate of drug-likeness (QED) is 0.746. The SMILES string of the molecule is CC1(C)C(=N)N[C@](C)(c2cc(NC(=O)CC3CC3)ccc2F)CS1(=O)=O. The second-order valence-electron chi connectivity index (χ2n) is 7.99. The third-order valence-electron chi connectivity index (χ3n) is 5.27. The molecule has 0 unspecified atom stereocenters. The fourth-order valence-corrected chi connectivity index (χ4v) is 4.86. The molecule has 1 aliphatic heterocycles. The number of nitrogens with one attached hydrogen (secondary N) is 3. The van der Waals surface area contributed by atoms with Crippen molar-refractivity contribution in [1.29, 1.82) is 5.41 Å². The normalized spacial score (nSPS) is 26.8. The highest BCUT2D eigenvalue weighted by molar-refractivity contribution is 7.93. The lowest BCUT2D eigenvalue weighted by atomic mass is 9.91. The molecule has 26 heavy (non-hydrogen) atoms. The minimum Gasteiger partial charge on any atom is -0.362 e. The Kier molecular flexibility index (Phi) is 4.37. The van der Waals surface area contributed by atoms with Gasteiger partial charge in [0.15, 0.2) is 9.84 Å².